The third-order valence-corrected chi connectivity index (χ3v) is 4.34. The van der Waals surface area contributed by atoms with Crippen molar-refractivity contribution in [1.29, 1.82) is 0 Å². The van der Waals surface area contributed by atoms with E-state index >= 15 is 0 Å². The van der Waals surface area contributed by atoms with Crippen molar-refractivity contribution in [2.45, 2.75) is 95.3 Å². The Hall–Kier alpha value is -0.160. The molecule has 0 heterocycles. The van der Waals surface area contributed by atoms with E-state index in [-0.39, 0.29) is 0 Å². The zero-order chi connectivity index (χ0) is 13.9. The van der Waals surface area contributed by atoms with Gasteiger partial charge in [-0.3, -0.25) is 0 Å². The molecule has 2 saturated carbocycles. The number of hydrogen-bond donors (Lipinski definition) is 2. The molecule has 0 atom stereocenters. The second-order valence-electron chi connectivity index (χ2n) is 6.71. The SMILES string of the molecule is CC(C)(OC1CCC(N)CC1)OC1CCC(N)CC1. The zero-order valence-corrected chi connectivity index (χ0v) is 12.4. The molecule has 2 aliphatic carbocycles. The van der Waals surface area contributed by atoms with Gasteiger partial charge in [0.25, 0.3) is 0 Å². The molecule has 0 unspecified atom stereocenters. The Bertz CT molecular complexity index is 241. The number of nitrogens with two attached hydrogens (primary N) is 2. The molecule has 2 fully saturated rings. The van der Waals surface area contributed by atoms with Gasteiger partial charge in [0, 0.05) is 12.1 Å². The Balaban J connectivity index is 1.74. The van der Waals surface area contributed by atoms with Crippen LogP contribution in [0.3, 0.4) is 0 Å². The fourth-order valence-electron chi connectivity index (χ4n) is 3.24. The lowest BCUT2D eigenvalue weighted by atomic mass is 9.93. The molecule has 0 aromatic heterocycles. The molecule has 112 valence electrons. The summed E-state index contributed by atoms with van der Waals surface area (Å²) in [5.41, 5.74) is 11.8. The van der Waals surface area contributed by atoms with E-state index < -0.39 is 5.79 Å². The highest BCUT2D eigenvalue weighted by Crippen LogP contribution is 2.29. The van der Waals surface area contributed by atoms with Crippen molar-refractivity contribution in [3.63, 3.8) is 0 Å². The monoisotopic (exact) mass is 270 g/mol. The molecule has 0 bridgehead atoms. The smallest absolute Gasteiger partial charge is 0.163 e. The molecule has 0 aromatic rings. The first-order valence-corrected chi connectivity index (χ1v) is 7.81. The van der Waals surface area contributed by atoms with Crippen LogP contribution in [0.2, 0.25) is 0 Å². The van der Waals surface area contributed by atoms with Crippen molar-refractivity contribution in [2.75, 3.05) is 0 Å². The summed E-state index contributed by atoms with van der Waals surface area (Å²) >= 11 is 0. The fraction of sp³-hybridized carbons (Fsp3) is 1.00. The van der Waals surface area contributed by atoms with Gasteiger partial charge in [0.05, 0.1) is 12.2 Å². The topological polar surface area (TPSA) is 70.5 Å². The van der Waals surface area contributed by atoms with Crippen molar-refractivity contribution in [3.8, 4) is 0 Å². The highest BCUT2D eigenvalue weighted by Gasteiger charge is 2.31. The molecule has 0 aliphatic heterocycles. The second-order valence-corrected chi connectivity index (χ2v) is 6.71. The largest absolute Gasteiger partial charge is 0.347 e. The van der Waals surface area contributed by atoms with Crippen molar-refractivity contribution in [1.82, 2.24) is 0 Å². The first-order chi connectivity index (χ1) is 8.94. The van der Waals surface area contributed by atoms with Gasteiger partial charge in [0.2, 0.25) is 0 Å². The minimum Gasteiger partial charge on any atom is -0.347 e. The lowest BCUT2D eigenvalue weighted by Gasteiger charge is -2.38. The van der Waals surface area contributed by atoms with E-state index in [0.29, 0.717) is 24.3 Å². The first kappa shape index (κ1) is 15.2. The molecule has 0 spiro atoms. The first-order valence-electron chi connectivity index (χ1n) is 7.81. The molecule has 4 heteroatoms. The van der Waals surface area contributed by atoms with Gasteiger partial charge in [0.15, 0.2) is 5.79 Å². The van der Waals surface area contributed by atoms with Crippen LogP contribution in [0.5, 0.6) is 0 Å². The van der Waals surface area contributed by atoms with Gasteiger partial charge in [-0.15, -0.1) is 0 Å². The molecule has 19 heavy (non-hydrogen) atoms. The summed E-state index contributed by atoms with van der Waals surface area (Å²) in [5, 5.41) is 0. The van der Waals surface area contributed by atoms with Crippen LogP contribution in [0.15, 0.2) is 0 Å². The van der Waals surface area contributed by atoms with Crippen molar-refractivity contribution in [3.05, 3.63) is 0 Å². The number of rotatable bonds is 4. The van der Waals surface area contributed by atoms with Gasteiger partial charge in [-0.25, -0.2) is 0 Å². The molecule has 0 saturated heterocycles. The summed E-state index contributed by atoms with van der Waals surface area (Å²) in [6.07, 6.45) is 9.12. The highest BCUT2D eigenvalue weighted by atomic mass is 16.7. The Labute approximate surface area is 117 Å². The Kier molecular flexibility index (Phi) is 5.23. The van der Waals surface area contributed by atoms with Crippen LogP contribution in [0.4, 0.5) is 0 Å². The van der Waals surface area contributed by atoms with Gasteiger partial charge in [-0.2, -0.15) is 0 Å². The maximum absolute atomic E-state index is 6.15. The van der Waals surface area contributed by atoms with E-state index in [2.05, 4.69) is 0 Å². The third-order valence-electron chi connectivity index (χ3n) is 4.34. The quantitative estimate of drug-likeness (QED) is 0.769. The second kappa shape index (κ2) is 6.53. The summed E-state index contributed by atoms with van der Waals surface area (Å²) in [7, 11) is 0. The Morgan fingerprint density at radius 2 is 1.00 bits per heavy atom. The lowest BCUT2D eigenvalue weighted by molar-refractivity contribution is -0.265. The lowest BCUT2D eigenvalue weighted by Crippen LogP contribution is -2.41. The van der Waals surface area contributed by atoms with Crippen LogP contribution in [-0.2, 0) is 9.47 Å². The Morgan fingerprint density at radius 1 is 0.684 bits per heavy atom. The summed E-state index contributed by atoms with van der Waals surface area (Å²) in [5.74, 6) is -0.488. The van der Waals surface area contributed by atoms with E-state index in [9.17, 15) is 0 Å². The van der Waals surface area contributed by atoms with Crippen LogP contribution in [0, 0.1) is 0 Å². The van der Waals surface area contributed by atoms with Crippen LogP contribution in [0.1, 0.15) is 65.2 Å². The predicted octanol–water partition coefficient (Wildman–Crippen LogP) is 2.30. The van der Waals surface area contributed by atoms with Crippen molar-refractivity contribution in [2.24, 2.45) is 11.5 Å². The van der Waals surface area contributed by atoms with Crippen LogP contribution in [-0.4, -0.2) is 30.1 Å². The summed E-state index contributed by atoms with van der Waals surface area (Å²) in [4.78, 5) is 0. The van der Waals surface area contributed by atoms with Crippen LogP contribution >= 0.6 is 0 Å². The van der Waals surface area contributed by atoms with Crippen molar-refractivity contribution >= 4 is 0 Å². The fourth-order valence-corrected chi connectivity index (χ4v) is 3.24. The minimum atomic E-state index is -0.488. The van der Waals surface area contributed by atoms with Crippen LogP contribution in [0.25, 0.3) is 0 Å². The molecule has 2 rings (SSSR count). The number of ether oxygens (including phenoxy) is 2. The summed E-state index contributed by atoms with van der Waals surface area (Å²) in [6, 6.07) is 0.729. The summed E-state index contributed by atoms with van der Waals surface area (Å²) < 4.78 is 12.3. The standard InChI is InChI=1S/C15H30N2O2/c1-15(2,18-13-7-3-11(16)4-8-13)19-14-9-5-12(17)6-10-14/h11-14H,3-10,16-17H2,1-2H3. The molecule has 0 radical (unpaired) electrons. The average molecular weight is 270 g/mol. The maximum Gasteiger partial charge on any atom is 0.163 e. The van der Waals surface area contributed by atoms with Gasteiger partial charge in [-0.1, -0.05) is 0 Å². The highest BCUT2D eigenvalue weighted by molar-refractivity contribution is 4.78. The Morgan fingerprint density at radius 3 is 1.32 bits per heavy atom. The molecule has 2 aliphatic rings. The molecule has 0 amide bonds. The predicted molar refractivity (Wildman–Crippen MR) is 76.7 cm³/mol. The third kappa shape index (κ3) is 5.03. The normalized spacial score (nSPS) is 37.3. The molecular formula is C15H30N2O2. The average Bonchev–Trinajstić information content (AvgIpc) is 2.34. The molecular weight excluding hydrogens is 240 g/mol. The summed E-state index contributed by atoms with van der Waals surface area (Å²) in [6.45, 7) is 4.08. The molecule has 0 aromatic carbocycles. The molecule has 4 N–H and O–H groups in total. The van der Waals surface area contributed by atoms with E-state index in [1.807, 2.05) is 13.8 Å². The maximum atomic E-state index is 6.15. The minimum absolute atomic E-state index is 0.306. The van der Waals surface area contributed by atoms with Gasteiger partial charge >= 0.3 is 0 Å². The van der Waals surface area contributed by atoms with Crippen molar-refractivity contribution < 1.29 is 9.47 Å². The van der Waals surface area contributed by atoms with Gasteiger partial charge < -0.3 is 20.9 Å². The van der Waals surface area contributed by atoms with Gasteiger partial charge in [0.1, 0.15) is 0 Å². The van der Waals surface area contributed by atoms with E-state index in [1.165, 1.54) is 0 Å². The zero-order valence-electron chi connectivity index (χ0n) is 12.4. The van der Waals surface area contributed by atoms with Crippen LogP contribution < -0.4 is 11.5 Å². The van der Waals surface area contributed by atoms with E-state index in [1.54, 1.807) is 0 Å². The van der Waals surface area contributed by atoms with E-state index in [4.69, 9.17) is 20.9 Å². The van der Waals surface area contributed by atoms with Gasteiger partial charge in [-0.05, 0) is 65.2 Å². The number of hydrogen-bond acceptors (Lipinski definition) is 4. The van der Waals surface area contributed by atoms with E-state index in [0.717, 1.165) is 51.4 Å². The molecule has 4 nitrogen and oxygen atoms in total.